The van der Waals surface area contributed by atoms with Gasteiger partial charge in [-0.05, 0) is 84.6 Å². The molecular weight excluding hydrogens is 669 g/mol. The molecule has 0 aromatic heterocycles. The number of ether oxygens (including phenoxy) is 1. The van der Waals surface area contributed by atoms with Gasteiger partial charge in [-0.25, -0.2) is 8.42 Å². The zero-order valence-corrected chi connectivity index (χ0v) is 29.1. The van der Waals surface area contributed by atoms with Gasteiger partial charge in [-0.15, -0.1) is 0 Å². The summed E-state index contributed by atoms with van der Waals surface area (Å²) in [4.78, 5) is 30.3. The number of benzene rings is 4. The number of rotatable bonds is 13. The molecule has 1 aliphatic rings. The largest absolute Gasteiger partial charge is 0.497 e. The fourth-order valence-electron chi connectivity index (χ4n) is 5.90. The lowest BCUT2D eigenvalue weighted by Crippen LogP contribution is -2.55. The fraction of sp³-hybridized carbons (Fsp3) is 0.297. The molecule has 0 saturated heterocycles. The summed E-state index contributed by atoms with van der Waals surface area (Å²) in [6, 6.07) is 27.8. The van der Waals surface area contributed by atoms with Crippen LogP contribution in [0.15, 0.2) is 108 Å². The molecule has 1 N–H and O–H groups in total. The highest BCUT2D eigenvalue weighted by atomic mass is 35.5. The second-order valence-electron chi connectivity index (χ2n) is 11.9. The van der Waals surface area contributed by atoms with Crippen molar-refractivity contribution in [1.82, 2.24) is 10.2 Å². The minimum atomic E-state index is -4.26. The summed E-state index contributed by atoms with van der Waals surface area (Å²) in [5.41, 5.74) is 1.87. The van der Waals surface area contributed by atoms with Gasteiger partial charge in [-0.1, -0.05) is 84.9 Å². The van der Waals surface area contributed by atoms with E-state index in [1.54, 1.807) is 60.7 Å². The topological polar surface area (TPSA) is 96.0 Å². The van der Waals surface area contributed by atoms with Gasteiger partial charge in [0.1, 0.15) is 18.3 Å². The third-order valence-corrected chi connectivity index (χ3v) is 10.8. The van der Waals surface area contributed by atoms with Crippen LogP contribution in [0.2, 0.25) is 10.0 Å². The molecule has 4 aromatic carbocycles. The molecule has 1 fully saturated rings. The maximum absolute atomic E-state index is 14.6. The van der Waals surface area contributed by atoms with Crippen LogP contribution in [0.4, 0.5) is 5.69 Å². The predicted molar refractivity (Wildman–Crippen MR) is 190 cm³/mol. The number of hydrogen-bond donors (Lipinski definition) is 1. The summed E-state index contributed by atoms with van der Waals surface area (Å²) in [5, 5.41) is 4.16. The molecule has 2 amide bonds. The lowest BCUT2D eigenvalue weighted by molar-refractivity contribution is -0.140. The van der Waals surface area contributed by atoms with Crippen LogP contribution in [0.3, 0.4) is 0 Å². The van der Waals surface area contributed by atoms with Crippen LogP contribution in [0.1, 0.15) is 43.2 Å². The van der Waals surface area contributed by atoms with Crippen molar-refractivity contribution in [2.75, 3.05) is 18.0 Å². The highest BCUT2D eigenvalue weighted by Gasteiger charge is 2.35. The number of sulfonamides is 1. The first kappa shape index (κ1) is 35.3. The molecule has 11 heteroatoms. The van der Waals surface area contributed by atoms with E-state index in [1.807, 2.05) is 30.3 Å². The van der Waals surface area contributed by atoms with Gasteiger partial charge >= 0.3 is 0 Å². The molecular formula is C37H39Cl2N3O5S. The van der Waals surface area contributed by atoms with E-state index in [1.165, 1.54) is 24.1 Å². The van der Waals surface area contributed by atoms with Crippen LogP contribution in [0.5, 0.6) is 5.75 Å². The molecule has 0 aliphatic heterocycles. The van der Waals surface area contributed by atoms with Crippen molar-refractivity contribution in [3.05, 3.63) is 124 Å². The monoisotopic (exact) mass is 707 g/mol. The van der Waals surface area contributed by atoms with Gasteiger partial charge in [0, 0.05) is 29.1 Å². The Morgan fingerprint density at radius 1 is 0.812 bits per heavy atom. The lowest BCUT2D eigenvalue weighted by atomic mass is 9.94. The Hall–Kier alpha value is -4.05. The van der Waals surface area contributed by atoms with Crippen LogP contribution in [-0.4, -0.2) is 50.9 Å². The Balaban J connectivity index is 1.55. The van der Waals surface area contributed by atoms with Crippen LogP contribution < -0.4 is 14.4 Å². The Bertz CT molecular complexity index is 1760. The van der Waals surface area contributed by atoms with E-state index >= 15 is 0 Å². The molecule has 0 spiro atoms. The third-order valence-electron chi connectivity index (χ3n) is 8.53. The zero-order valence-electron chi connectivity index (χ0n) is 26.7. The highest BCUT2D eigenvalue weighted by Crippen LogP contribution is 2.28. The van der Waals surface area contributed by atoms with Gasteiger partial charge in [0.25, 0.3) is 10.0 Å². The fourth-order valence-corrected chi connectivity index (χ4v) is 7.56. The van der Waals surface area contributed by atoms with Crippen LogP contribution in [0.25, 0.3) is 0 Å². The molecule has 1 saturated carbocycles. The molecule has 0 unspecified atom stereocenters. The number of amides is 2. The summed E-state index contributed by atoms with van der Waals surface area (Å²) < 4.78 is 34.7. The first-order chi connectivity index (χ1) is 23.1. The number of carbonyl (C=O) groups is 2. The highest BCUT2D eigenvalue weighted by molar-refractivity contribution is 7.92. The van der Waals surface area contributed by atoms with Crippen molar-refractivity contribution >= 4 is 50.7 Å². The number of anilines is 1. The van der Waals surface area contributed by atoms with E-state index in [0.29, 0.717) is 15.8 Å². The standard InChI is InChI=1S/C37H39Cl2N3O5S/c1-47-33-20-22-34(23-21-33)48(45,46)42(32-18-16-30(39)17-19-32)26-36(43)41(25-28-12-14-29(38)15-13-28)35(24-27-8-4-2-5-9-27)37(44)40-31-10-6-3-7-11-31/h2,4-5,8-9,12-23,31,35H,3,6-7,10-11,24-26H2,1H3,(H,40,44)/t35-/m0/s1. The van der Waals surface area contributed by atoms with Crippen molar-refractivity contribution in [2.45, 2.75) is 62.0 Å². The molecule has 4 aromatic rings. The van der Waals surface area contributed by atoms with Gasteiger partial charge in [0.15, 0.2) is 0 Å². The van der Waals surface area contributed by atoms with Crippen LogP contribution >= 0.6 is 23.2 Å². The third kappa shape index (κ3) is 9.09. The minimum Gasteiger partial charge on any atom is -0.497 e. The number of hydrogen-bond acceptors (Lipinski definition) is 5. The SMILES string of the molecule is COc1ccc(S(=O)(=O)N(CC(=O)N(Cc2ccc(Cl)cc2)[C@@H](Cc2ccccc2)C(=O)NC2CCCCC2)c2ccc(Cl)cc2)cc1. The summed E-state index contributed by atoms with van der Waals surface area (Å²) in [6.45, 7) is -0.506. The van der Waals surface area contributed by atoms with Crippen molar-refractivity contribution in [1.29, 1.82) is 0 Å². The number of carbonyl (C=O) groups excluding carboxylic acids is 2. The maximum Gasteiger partial charge on any atom is 0.264 e. The molecule has 252 valence electrons. The van der Waals surface area contributed by atoms with E-state index in [9.17, 15) is 18.0 Å². The Morgan fingerprint density at radius 2 is 1.42 bits per heavy atom. The first-order valence-corrected chi connectivity index (χ1v) is 18.1. The summed E-state index contributed by atoms with van der Waals surface area (Å²) >= 11 is 12.3. The molecule has 8 nitrogen and oxygen atoms in total. The molecule has 1 aliphatic carbocycles. The summed E-state index contributed by atoms with van der Waals surface area (Å²) in [7, 11) is -2.76. The second-order valence-corrected chi connectivity index (χ2v) is 14.6. The molecule has 1 atom stereocenters. The summed E-state index contributed by atoms with van der Waals surface area (Å²) in [6.07, 6.45) is 5.18. The second kappa shape index (κ2) is 16.4. The van der Waals surface area contributed by atoms with E-state index in [-0.39, 0.29) is 35.5 Å². The Morgan fingerprint density at radius 3 is 2.02 bits per heavy atom. The smallest absolute Gasteiger partial charge is 0.264 e. The van der Waals surface area contributed by atoms with Gasteiger partial charge in [-0.3, -0.25) is 13.9 Å². The number of nitrogens with one attached hydrogen (secondary N) is 1. The van der Waals surface area contributed by atoms with Crippen LogP contribution in [-0.2, 0) is 32.6 Å². The Kier molecular flexibility index (Phi) is 12.0. The first-order valence-electron chi connectivity index (χ1n) is 15.9. The predicted octanol–water partition coefficient (Wildman–Crippen LogP) is 7.29. The summed E-state index contributed by atoms with van der Waals surface area (Å²) in [5.74, 6) is -0.328. The average molecular weight is 709 g/mol. The van der Waals surface area contributed by atoms with Gasteiger partial charge < -0.3 is 15.0 Å². The zero-order chi connectivity index (χ0) is 34.1. The minimum absolute atomic E-state index is 0.0121. The van der Waals surface area contributed by atoms with E-state index in [2.05, 4.69) is 5.32 Å². The number of methoxy groups -OCH3 is 1. The molecule has 48 heavy (non-hydrogen) atoms. The van der Waals surface area contributed by atoms with E-state index < -0.39 is 28.5 Å². The normalized spacial score (nSPS) is 14.1. The quantitative estimate of drug-likeness (QED) is 0.158. The molecule has 0 bridgehead atoms. The van der Waals surface area contributed by atoms with Crippen molar-refractivity contribution < 1.29 is 22.7 Å². The Labute approximate surface area is 292 Å². The lowest BCUT2D eigenvalue weighted by Gasteiger charge is -2.35. The van der Waals surface area contributed by atoms with Crippen molar-refractivity contribution in [3.63, 3.8) is 0 Å². The van der Waals surface area contributed by atoms with E-state index in [0.717, 1.165) is 47.5 Å². The van der Waals surface area contributed by atoms with Crippen molar-refractivity contribution in [3.8, 4) is 5.75 Å². The molecule has 0 heterocycles. The van der Waals surface area contributed by atoms with Gasteiger partial charge in [0.05, 0.1) is 17.7 Å². The molecule has 0 radical (unpaired) electrons. The number of halogens is 2. The van der Waals surface area contributed by atoms with Gasteiger partial charge in [0.2, 0.25) is 11.8 Å². The average Bonchev–Trinajstić information content (AvgIpc) is 3.10. The number of nitrogens with zero attached hydrogens (tertiary/aromatic N) is 2. The van der Waals surface area contributed by atoms with E-state index in [4.69, 9.17) is 27.9 Å². The maximum atomic E-state index is 14.6. The van der Waals surface area contributed by atoms with Crippen LogP contribution in [0, 0.1) is 0 Å². The van der Waals surface area contributed by atoms with Gasteiger partial charge in [-0.2, -0.15) is 0 Å². The van der Waals surface area contributed by atoms with Crippen molar-refractivity contribution in [2.24, 2.45) is 0 Å². The molecule has 5 rings (SSSR count).